The Morgan fingerprint density at radius 2 is 1.82 bits per heavy atom. The van der Waals surface area contributed by atoms with E-state index >= 15 is 0 Å². The fourth-order valence-electron chi connectivity index (χ4n) is 5.35. The lowest BCUT2D eigenvalue weighted by molar-refractivity contribution is 0.0115. The summed E-state index contributed by atoms with van der Waals surface area (Å²) in [6.45, 7) is 0.550. The Hall–Kier alpha value is -4.50. The largest absolute Gasteiger partial charge is 0.353 e. The fraction of sp³-hybridized carbons (Fsp3) is 0.167. The molecular formula is C30H23F3N6. The molecule has 0 atom stereocenters. The van der Waals surface area contributed by atoms with Gasteiger partial charge in [0, 0.05) is 48.4 Å². The van der Waals surface area contributed by atoms with Crippen LogP contribution >= 0.6 is 0 Å². The Labute approximate surface area is 221 Å². The van der Waals surface area contributed by atoms with Gasteiger partial charge in [0.1, 0.15) is 17.0 Å². The van der Waals surface area contributed by atoms with Gasteiger partial charge in [0.2, 0.25) is 0 Å². The summed E-state index contributed by atoms with van der Waals surface area (Å²) in [4.78, 5) is 14.4. The summed E-state index contributed by atoms with van der Waals surface area (Å²) >= 11 is 0. The first kappa shape index (κ1) is 23.6. The Morgan fingerprint density at radius 3 is 2.67 bits per heavy atom. The highest BCUT2D eigenvalue weighted by atomic mass is 19.3. The van der Waals surface area contributed by atoms with E-state index in [0.29, 0.717) is 30.0 Å². The van der Waals surface area contributed by atoms with Crippen LogP contribution in [0, 0.1) is 5.82 Å². The van der Waals surface area contributed by atoms with Crippen LogP contribution < -0.4 is 0 Å². The molecule has 4 aromatic heterocycles. The minimum Gasteiger partial charge on any atom is -0.353 e. The molecule has 0 bridgehead atoms. The number of fused-ring (bicyclic) bond motifs is 2. The number of pyridine rings is 2. The average Bonchev–Trinajstić information content (AvgIpc) is 3.64. The molecule has 0 spiro atoms. The summed E-state index contributed by atoms with van der Waals surface area (Å²) in [6, 6.07) is 20.2. The monoisotopic (exact) mass is 524 g/mol. The number of benzene rings is 2. The van der Waals surface area contributed by atoms with Crippen LogP contribution in [0.25, 0.3) is 55.7 Å². The van der Waals surface area contributed by atoms with Crippen LogP contribution in [0.3, 0.4) is 0 Å². The van der Waals surface area contributed by atoms with Crippen LogP contribution in [0.2, 0.25) is 0 Å². The molecule has 9 heteroatoms. The molecular weight excluding hydrogens is 501 g/mol. The van der Waals surface area contributed by atoms with Crippen molar-refractivity contribution in [2.75, 3.05) is 13.1 Å². The Morgan fingerprint density at radius 1 is 0.923 bits per heavy atom. The van der Waals surface area contributed by atoms with Gasteiger partial charge in [-0.1, -0.05) is 24.3 Å². The zero-order valence-corrected chi connectivity index (χ0v) is 20.8. The molecule has 0 radical (unpaired) electrons. The molecule has 5 heterocycles. The third-order valence-electron chi connectivity index (χ3n) is 7.21. The summed E-state index contributed by atoms with van der Waals surface area (Å²) in [5.74, 6) is -2.91. The summed E-state index contributed by atoms with van der Waals surface area (Å²) in [6.07, 6.45) is 3.33. The topological polar surface area (TPSA) is 73.5 Å². The number of aromatic amines is 2. The third kappa shape index (κ3) is 4.44. The standard InChI is InChI=1S/C30H23F3N6/c31-21-4-1-3-19(12-21)22-5-2-6-25-23(22)13-27(35-25)29-28-26(37-38-29)8-7-24(36-28)20-11-18(14-34-15-20)16-39-10-9-30(32,33)17-39/h1-8,11-15,35H,9-10,16-17H2,(H,37,38). The van der Waals surface area contributed by atoms with Crippen LogP contribution in [0.4, 0.5) is 13.2 Å². The van der Waals surface area contributed by atoms with Crippen LogP contribution in [-0.4, -0.2) is 49.1 Å². The summed E-state index contributed by atoms with van der Waals surface area (Å²) in [5, 5.41) is 8.55. The predicted molar refractivity (Wildman–Crippen MR) is 145 cm³/mol. The molecule has 1 aliphatic heterocycles. The number of alkyl halides is 2. The van der Waals surface area contributed by atoms with Crippen molar-refractivity contribution in [3.63, 3.8) is 0 Å². The van der Waals surface area contributed by atoms with Crippen molar-refractivity contribution in [3.8, 4) is 33.8 Å². The number of hydrogen-bond acceptors (Lipinski definition) is 4. The van der Waals surface area contributed by atoms with Gasteiger partial charge in [-0.25, -0.2) is 18.2 Å². The highest BCUT2D eigenvalue weighted by molar-refractivity contribution is 6.00. The van der Waals surface area contributed by atoms with Gasteiger partial charge in [-0.2, -0.15) is 5.10 Å². The second-order valence-corrected chi connectivity index (χ2v) is 10.0. The highest BCUT2D eigenvalue weighted by Gasteiger charge is 2.37. The van der Waals surface area contributed by atoms with Crippen LogP contribution in [0.5, 0.6) is 0 Å². The van der Waals surface area contributed by atoms with E-state index in [0.717, 1.165) is 44.4 Å². The average molecular weight is 525 g/mol. The van der Waals surface area contributed by atoms with Gasteiger partial charge in [0.05, 0.1) is 23.4 Å². The lowest BCUT2D eigenvalue weighted by Crippen LogP contribution is -2.24. The summed E-state index contributed by atoms with van der Waals surface area (Å²) < 4.78 is 41.2. The van der Waals surface area contributed by atoms with Gasteiger partial charge in [0.15, 0.2) is 0 Å². The second kappa shape index (κ2) is 9.06. The number of H-pyrrole nitrogens is 2. The number of nitrogens with zero attached hydrogens (tertiary/aromatic N) is 4. The molecule has 7 rings (SSSR count). The maximum Gasteiger partial charge on any atom is 0.261 e. The number of nitrogens with one attached hydrogen (secondary N) is 2. The molecule has 0 saturated carbocycles. The van der Waals surface area contributed by atoms with Crippen molar-refractivity contribution >= 4 is 21.9 Å². The molecule has 39 heavy (non-hydrogen) atoms. The van der Waals surface area contributed by atoms with E-state index in [4.69, 9.17) is 4.98 Å². The number of aromatic nitrogens is 5. The quantitative estimate of drug-likeness (QED) is 0.260. The van der Waals surface area contributed by atoms with Gasteiger partial charge in [-0.05, 0) is 59.2 Å². The lowest BCUT2D eigenvalue weighted by atomic mass is 10.0. The molecule has 2 aromatic carbocycles. The molecule has 6 nitrogen and oxygen atoms in total. The number of halogens is 3. The molecule has 194 valence electrons. The van der Waals surface area contributed by atoms with Crippen molar-refractivity contribution in [2.24, 2.45) is 0 Å². The Kier molecular flexibility index (Phi) is 5.48. The van der Waals surface area contributed by atoms with Gasteiger partial charge in [-0.15, -0.1) is 0 Å². The second-order valence-electron chi connectivity index (χ2n) is 10.0. The molecule has 1 saturated heterocycles. The van der Waals surface area contributed by atoms with Crippen molar-refractivity contribution < 1.29 is 13.2 Å². The first-order valence-corrected chi connectivity index (χ1v) is 12.7. The number of hydrogen-bond donors (Lipinski definition) is 2. The van der Waals surface area contributed by atoms with Gasteiger partial charge in [-0.3, -0.25) is 15.0 Å². The Balaban J connectivity index is 1.25. The Bertz CT molecular complexity index is 1840. The van der Waals surface area contributed by atoms with Crippen molar-refractivity contribution in [2.45, 2.75) is 18.9 Å². The van der Waals surface area contributed by atoms with E-state index < -0.39 is 5.92 Å². The van der Waals surface area contributed by atoms with Gasteiger partial charge >= 0.3 is 0 Å². The third-order valence-corrected chi connectivity index (χ3v) is 7.21. The van der Waals surface area contributed by atoms with E-state index in [2.05, 4.69) is 20.2 Å². The minimum atomic E-state index is -2.63. The lowest BCUT2D eigenvalue weighted by Gasteiger charge is -2.15. The minimum absolute atomic E-state index is 0.112. The zero-order valence-electron chi connectivity index (χ0n) is 20.8. The first-order chi connectivity index (χ1) is 18.9. The summed E-state index contributed by atoms with van der Waals surface area (Å²) in [5.41, 5.74) is 7.91. The van der Waals surface area contributed by atoms with Crippen molar-refractivity contribution in [1.82, 2.24) is 30.0 Å². The molecule has 2 N–H and O–H groups in total. The van der Waals surface area contributed by atoms with Crippen LogP contribution in [-0.2, 0) is 6.54 Å². The molecule has 0 amide bonds. The molecule has 0 aliphatic carbocycles. The molecule has 1 fully saturated rings. The van der Waals surface area contributed by atoms with E-state index in [9.17, 15) is 13.2 Å². The van der Waals surface area contributed by atoms with Crippen LogP contribution in [0.1, 0.15) is 12.0 Å². The van der Waals surface area contributed by atoms with Gasteiger partial charge < -0.3 is 4.98 Å². The first-order valence-electron chi connectivity index (χ1n) is 12.7. The zero-order chi connectivity index (χ0) is 26.6. The van der Waals surface area contributed by atoms with Crippen LogP contribution in [0.15, 0.2) is 79.1 Å². The number of rotatable bonds is 5. The smallest absolute Gasteiger partial charge is 0.261 e. The molecule has 1 aliphatic rings. The SMILES string of the molecule is Fc1cccc(-c2cccc3[nH]c(-c4n[nH]c5ccc(-c6cncc(CN7CCC(F)(F)C7)c6)nc45)cc23)c1. The normalized spacial score (nSPS) is 15.5. The predicted octanol–water partition coefficient (Wildman–Crippen LogP) is 6.82. The maximum atomic E-state index is 13.9. The maximum absolute atomic E-state index is 13.9. The van der Waals surface area contributed by atoms with Crippen molar-refractivity contribution in [1.29, 1.82) is 0 Å². The van der Waals surface area contributed by atoms with Crippen molar-refractivity contribution in [3.05, 3.63) is 90.5 Å². The van der Waals surface area contributed by atoms with E-state index in [1.807, 2.05) is 48.5 Å². The molecule has 0 unspecified atom stereocenters. The van der Waals surface area contributed by atoms with E-state index in [1.165, 1.54) is 12.1 Å². The summed E-state index contributed by atoms with van der Waals surface area (Å²) in [7, 11) is 0. The fourth-order valence-corrected chi connectivity index (χ4v) is 5.35. The number of likely N-dealkylation sites (tertiary alicyclic amines) is 1. The van der Waals surface area contributed by atoms with E-state index in [-0.39, 0.29) is 18.8 Å². The highest BCUT2D eigenvalue weighted by Crippen LogP contribution is 2.34. The van der Waals surface area contributed by atoms with E-state index in [1.54, 1.807) is 23.4 Å². The van der Waals surface area contributed by atoms with Gasteiger partial charge in [0.25, 0.3) is 5.92 Å². The molecule has 6 aromatic rings.